The van der Waals surface area contributed by atoms with Gasteiger partial charge in [0.15, 0.2) is 0 Å². The summed E-state index contributed by atoms with van der Waals surface area (Å²) in [7, 11) is 1.98. The molecule has 0 heterocycles. The first-order chi connectivity index (χ1) is 8.36. The minimum Gasteiger partial charge on any atom is -0.494 e. The number of hydrogen-bond donors (Lipinski definition) is 2. The average molecular weight is 236 g/mol. The zero-order valence-corrected chi connectivity index (χ0v) is 11.0. The number of ether oxygens (including phenoxy) is 1. The van der Waals surface area contributed by atoms with E-state index in [1.165, 1.54) is 5.56 Å². The maximum atomic E-state index is 5.54. The van der Waals surface area contributed by atoms with E-state index < -0.39 is 0 Å². The maximum absolute atomic E-state index is 5.54. The van der Waals surface area contributed by atoms with Crippen molar-refractivity contribution in [2.24, 2.45) is 0 Å². The van der Waals surface area contributed by atoms with Crippen molar-refractivity contribution in [3.05, 3.63) is 29.8 Å². The molecule has 0 aromatic heterocycles. The van der Waals surface area contributed by atoms with Crippen molar-refractivity contribution < 1.29 is 4.74 Å². The molecule has 96 valence electrons. The first kappa shape index (κ1) is 14.0. The second kappa shape index (κ2) is 9.02. The number of benzene rings is 1. The van der Waals surface area contributed by atoms with Gasteiger partial charge in [0.1, 0.15) is 5.75 Å². The monoisotopic (exact) mass is 236 g/mol. The molecule has 0 amide bonds. The van der Waals surface area contributed by atoms with E-state index in [0.29, 0.717) is 0 Å². The molecule has 1 aromatic carbocycles. The Hall–Kier alpha value is -1.06. The van der Waals surface area contributed by atoms with E-state index in [9.17, 15) is 0 Å². The molecule has 0 bridgehead atoms. The fourth-order valence-electron chi connectivity index (χ4n) is 1.55. The van der Waals surface area contributed by atoms with Crippen molar-refractivity contribution in [3.8, 4) is 5.75 Å². The number of nitrogens with one attached hydrogen (secondary N) is 2. The van der Waals surface area contributed by atoms with Crippen LogP contribution in [0, 0.1) is 0 Å². The topological polar surface area (TPSA) is 33.3 Å². The van der Waals surface area contributed by atoms with Crippen LogP contribution >= 0.6 is 0 Å². The van der Waals surface area contributed by atoms with Gasteiger partial charge in [-0.1, -0.05) is 19.1 Å². The summed E-state index contributed by atoms with van der Waals surface area (Å²) in [5.41, 5.74) is 1.30. The normalized spacial score (nSPS) is 10.5. The van der Waals surface area contributed by atoms with Crippen LogP contribution in [0.3, 0.4) is 0 Å². The Balaban J connectivity index is 2.20. The van der Waals surface area contributed by atoms with Crippen molar-refractivity contribution in [1.29, 1.82) is 0 Å². The highest BCUT2D eigenvalue weighted by Gasteiger charge is 1.95. The van der Waals surface area contributed by atoms with Gasteiger partial charge in [-0.25, -0.2) is 0 Å². The molecule has 3 nitrogen and oxygen atoms in total. The van der Waals surface area contributed by atoms with Gasteiger partial charge in [0.2, 0.25) is 0 Å². The lowest BCUT2D eigenvalue weighted by molar-refractivity contribution is 0.317. The minimum absolute atomic E-state index is 0.793. The molecule has 0 radical (unpaired) electrons. The van der Waals surface area contributed by atoms with Gasteiger partial charge in [-0.3, -0.25) is 0 Å². The van der Waals surface area contributed by atoms with E-state index in [-0.39, 0.29) is 0 Å². The van der Waals surface area contributed by atoms with Crippen LogP contribution in [0.25, 0.3) is 0 Å². The van der Waals surface area contributed by atoms with Crippen molar-refractivity contribution in [2.45, 2.75) is 26.3 Å². The van der Waals surface area contributed by atoms with Gasteiger partial charge in [-0.05, 0) is 50.7 Å². The van der Waals surface area contributed by atoms with Crippen LogP contribution in [0.1, 0.15) is 25.3 Å². The molecule has 1 aromatic rings. The SMILES string of the molecule is CCCOc1ccc(CNCCCNC)cc1. The van der Waals surface area contributed by atoms with Crippen LogP contribution in [0.4, 0.5) is 0 Å². The lowest BCUT2D eigenvalue weighted by atomic mass is 10.2. The summed E-state index contributed by atoms with van der Waals surface area (Å²) in [6, 6.07) is 8.33. The van der Waals surface area contributed by atoms with E-state index in [2.05, 4.69) is 29.7 Å². The highest BCUT2D eigenvalue weighted by atomic mass is 16.5. The van der Waals surface area contributed by atoms with Gasteiger partial charge in [-0.2, -0.15) is 0 Å². The van der Waals surface area contributed by atoms with Crippen molar-refractivity contribution in [3.63, 3.8) is 0 Å². The predicted octanol–water partition coefficient (Wildman–Crippen LogP) is 2.17. The summed E-state index contributed by atoms with van der Waals surface area (Å²) in [5.74, 6) is 0.964. The molecule has 0 atom stereocenters. The van der Waals surface area contributed by atoms with E-state index in [4.69, 9.17) is 4.74 Å². The second-order valence-electron chi connectivity index (χ2n) is 4.13. The van der Waals surface area contributed by atoms with Crippen molar-refractivity contribution >= 4 is 0 Å². The van der Waals surface area contributed by atoms with E-state index in [0.717, 1.165) is 44.8 Å². The fraction of sp³-hybridized carbons (Fsp3) is 0.571. The highest BCUT2D eigenvalue weighted by molar-refractivity contribution is 5.27. The lowest BCUT2D eigenvalue weighted by Gasteiger charge is -2.07. The molecular formula is C14H24N2O. The molecule has 2 N–H and O–H groups in total. The van der Waals surface area contributed by atoms with Crippen LogP contribution in [0.15, 0.2) is 24.3 Å². The van der Waals surface area contributed by atoms with Crippen molar-refractivity contribution in [1.82, 2.24) is 10.6 Å². The Morgan fingerprint density at radius 2 is 1.88 bits per heavy atom. The molecular weight excluding hydrogens is 212 g/mol. The van der Waals surface area contributed by atoms with Crippen LogP contribution in [0.5, 0.6) is 5.75 Å². The van der Waals surface area contributed by atoms with E-state index in [1.807, 2.05) is 19.2 Å². The molecule has 0 aliphatic heterocycles. The number of hydrogen-bond acceptors (Lipinski definition) is 3. The van der Waals surface area contributed by atoms with Gasteiger partial charge >= 0.3 is 0 Å². The molecule has 0 unspecified atom stereocenters. The standard InChI is InChI=1S/C14H24N2O/c1-3-11-17-14-7-5-13(6-8-14)12-16-10-4-9-15-2/h5-8,15-16H,3-4,9-12H2,1-2H3. The van der Waals surface area contributed by atoms with Gasteiger partial charge in [0, 0.05) is 6.54 Å². The first-order valence-electron chi connectivity index (χ1n) is 6.44. The Bertz CT molecular complexity index is 285. The summed E-state index contributed by atoms with van der Waals surface area (Å²) >= 11 is 0. The van der Waals surface area contributed by atoms with Crippen LogP contribution in [0.2, 0.25) is 0 Å². The molecule has 0 spiro atoms. The molecule has 0 aliphatic carbocycles. The van der Waals surface area contributed by atoms with E-state index in [1.54, 1.807) is 0 Å². The Labute approximate surface area is 105 Å². The van der Waals surface area contributed by atoms with E-state index >= 15 is 0 Å². The highest BCUT2D eigenvalue weighted by Crippen LogP contribution is 2.12. The van der Waals surface area contributed by atoms with Crippen molar-refractivity contribution in [2.75, 3.05) is 26.7 Å². The number of rotatable bonds is 9. The smallest absolute Gasteiger partial charge is 0.119 e. The third-order valence-corrected chi connectivity index (χ3v) is 2.51. The Morgan fingerprint density at radius 1 is 1.12 bits per heavy atom. The first-order valence-corrected chi connectivity index (χ1v) is 6.44. The fourth-order valence-corrected chi connectivity index (χ4v) is 1.55. The lowest BCUT2D eigenvalue weighted by Crippen LogP contribution is -2.19. The second-order valence-corrected chi connectivity index (χ2v) is 4.13. The minimum atomic E-state index is 0.793. The van der Waals surface area contributed by atoms with Gasteiger partial charge in [0.05, 0.1) is 6.61 Å². The zero-order valence-electron chi connectivity index (χ0n) is 11.0. The molecule has 0 saturated carbocycles. The molecule has 0 fully saturated rings. The molecule has 1 rings (SSSR count). The largest absolute Gasteiger partial charge is 0.494 e. The quantitative estimate of drug-likeness (QED) is 0.645. The van der Waals surface area contributed by atoms with Gasteiger partial charge in [0.25, 0.3) is 0 Å². The third kappa shape index (κ3) is 6.29. The summed E-state index contributed by atoms with van der Waals surface area (Å²) in [5, 5.41) is 6.56. The zero-order chi connectivity index (χ0) is 12.3. The molecule has 17 heavy (non-hydrogen) atoms. The molecule has 3 heteroatoms. The van der Waals surface area contributed by atoms with Crippen LogP contribution in [-0.4, -0.2) is 26.7 Å². The third-order valence-electron chi connectivity index (χ3n) is 2.51. The average Bonchev–Trinajstić information content (AvgIpc) is 2.37. The summed E-state index contributed by atoms with van der Waals surface area (Å²) in [6.07, 6.45) is 2.21. The summed E-state index contributed by atoms with van der Waals surface area (Å²) in [4.78, 5) is 0. The molecule has 0 saturated heterocycles. The predicted molar refractivity (Wildman–Crippen MR) is 72.5 cm³/mol. The van der Waals surface area contributed by atoms with Crippen LogP contribution in [-0.2, 0) is 6.54 Å². The summed E-state index contributed by atoms with van der Waals surface area (Å²) in [6.45, 7) is 5.95. The van der Waals surface area contributed by atoms with Gasteiger partial charge < -0.3 is 15.4 Å². The molecule has 0 aliphatic rings. The Morgan fingerprint density at radius 3 is 2.53 bits per heavy atom. The van der Waals surface area contributed by atoms with Crippen LogP contribution < -0.4 is 15.4 Å². The summed E-state index contributed by atoms with van der Waals surface area (Å²) < 4.78 is 5.54. The van der Waals surface area contributed by atoms with Gasteiger partial charge in [-0.15, -0.1) is 0 Å². The maximum Gasteiger partial charge on any atom is 0.119 e. The Kier molecular flexibility index (Phi) is 7.43.